The maximum atomic E-state index is 12.0. The van der Waals surface area contributed by atoms with Crippen LogP contribution in [0.4, 0.5) is 0 Å². The number of rotatable bonds is 5. The topological polar surface area (TPSA) is 64.4 Å². The SMILES string of the molecule is COC[C@H](C)NC(=O)[C@H](C)c1c(C)noc1C. The third-order valence-electron chi connectivity index (χ3n) is 2.72. The largest absolute Gasteiger partial charge is 0.383 e. The first-order chi connectivity index (χ1) is 7.97. The number of nitrogens with one attached hydrogen (secondary N) is 1. The van der Waals surface area contributed by atoms with E-state index in [-0.39, 0.29) is 17.9 Å². The summed E-state index contributed by atoms with van der Waals surface area (Å²) in [6, 6.07) is -0.00424. The molecule has 0 aliphatic heterocycles. The van der Waals surface area contributed by atoms with Gasteiger partial charge in [0.05, 0.1) is 18.2 Å². The Labute approximate surface area is 102 Å². The van der Waals surface area contributed by atoms with Gasteiger partial charge in [0, 0.05) is 18.7 Å². The van der Waals surface area contributed by atoms with Gasteiger partial charge >= 0.3 is 0 Å². The number of ether oxygens (including phenoxy) is 1. The van der Waals surface area contributed by atoms with Gasteiger partial charge in [0.25, 0.3) is 0 Å². The first-order valence-electron chi connectivity index (χ1n) is 5.69. The zero-order chi connectivity index (χ0) is 13.0. The minimum absolute atomic E-state index is 0.00424. The van der Waals surface area contributed by atoms with Gasteiger partial charge in [-0.25, -0.2) is 0 Å². The Balaban J connectivity index is 2.70. The molecule has 1 N–H and O–H groups in total. The molecule has 0 fully saturated rings. The molecule has 0 aromatic carbocycles. The van der Waals surface area contributed by atoms with E-state index in [1.165, 1.54) is 0 Å². The van der Waals surface area contributed by atoms with Gasteiger partial charge in [-0.3, -0.25) is 4.79 Å². The zero-order valence-electron chi connectivity index (χ0n) is 11.0. The summed E-state index contributed by atoms with van der Waals surface area (Å²) in [6.07, 6.45) is 0. The number of amides is 1. The predicted molar refractivity (Wildman–Crippen MR) is 63.9 cm³/mol. The summed E-state index contributed by atoms with van der Waals surface area (Å²) in [6.45, 7) is 7.91. The fraction of sp³-hybridized carbons (Fsp3) is 0.667. The third-order valence-corrected chi connectivity index (χ3v) is 2.72. The van der Waals surface area contributed by atoms with E-state index in [1.807, 2.05) is 27.7 Å². The molecular formula is C12H20N2O3. The van der Waals surface area contributed by atoms with Crippen LogP contribution in [-0.2, 0) is 9.53 Å². The second-order valence-electron chi connectivity index (χ2n) is 4.32. The van der Waals surface area contributed by atoms with E-state index in [9.17, 15) is 4.79 Å². The molecule has 96 valence electrons. The van der Waals surface area contributed by atoms with Crippen LogP contribution in [-0.4, -0.2) is 30.8 Å². The summed E-state index contributed by atoms with van der Waals surface area (Å²) in [4.78, 5) is 12.0. The van der Waals surface area contributed by atoms with Crippen molar-refractivity contribution in [1.29, 1.82) is 0 Å². The van der Waals surface area contributed by atoms with Crippen molar-refractivity contribution in [2.75, 3.05) is 13.7 Å². The number of hydrogen-bond acceptors (Lipinski definition) is 4. The number of aryl methyl sites for hydroxylation is 2. The summed E-state index contributed by atoms with van der Waals surface area (Å²) in [5, 5.41) is 6.75. The molecule has 5 heteroatoms. The number of nitrogens with zero attached hydrogens (tertiary/aromatic N) is 1. The third kappa shape index (κ3) is 3.30. The van der Waals surface area contributed by atoms with Crippen LogP contribution in [0, 0.1) is 13.8 Å². The van der Waals surface area contributed by atoms with Gasteiger partial charge < -0.3 is 14.6 Å². The van der Waals surface area contributed by atoms with Crippen LogP contribution in [0.2, 0.25) is 0 Å². The molecular weight excluding hydrogens is 220 g/mol. The molecule has 0 bridgehead atoms. The number of methoxy groups -OCH3 is 1. The average Bonchev–Trinajstić information content (AvgIpc) is 2.58. The normalized spacial score (nSPS) is 14.4. The van der Waals surface area contributed by atoms with Gasteiger partial charge in [-0.05, 0) is 27.7 Å². The molecule has 1 aromatic heterocycles. The summed E-state index contributed by atoms with van der Waals surface area (Å²) in [5.74, 6) is 0.397. The lowest BCUT2D eigenvalue weighted by molar-refractivity contribution is -0.123. The second kappa shape index (κ2) is 5.82. The number of hydrogen-bond donors (Lipinski definition) is 1. The van der Waals surface area contributed by atoms with Crippen LogP contribution in [0.1, 0.15) is 36.8 Å². The Bertz CT molecular complexity index is 368. The molecule has 0 saturated carbocycles. The second-order valence-corrected chi connectivity index (χ2v) is 4.32. The molecule has 17 heavy (non-hydrogen) atoms. The molecule has 0 aliphatic rings. The smallest absolute Gasteiger partial charge is 0.227 e. The molecule has 0 unspecified atom stereocenters. The van der Waals surface area contributed by atoms with Crippen molar-refractivity contribution in [1.82, 2.24) is 10.5 Å². The number of carbonyl (C=O) groups is 1. The van der Waals surface area contributed by atoms with Crippen molar-refractivity contribution in [2.24, 2.45) is 0 Å². The van der Waals surface area contributed by atoms with Crippen molar-refractivity contribution >= 4 is 5.91 Å². The van der Waals surface area contributed by atoms with Crippen molar-refractivity contribution in [3.05, 3.63) is 17.0 Å². The van der Waals surface area contributed by atoms with Crippen LogP contribution in [0.3, 0.4) is 0 Å². The Morgan fingerprint density at radius 2 is 2.12 bits per heavy atom. The number of carbonyl (C=O) groups excluding carboxylic acids is 1. The fourth-order valence-corrected chi connectivity index (χ4v) is 1.90. The van der Waals surface area contributed by atoms with Gasteiger partial charge in [-0.2, -0.15) is 0 Å². The minimum atomic E-state index is -0.263. The quantitative estimate of drug-likeness (QED) is 0.848. The van der Waals surface area contributed by atoms with E-state index in [2.05, 4.69) is 10.5 Å². The molecule has 0 aliphatic carbocycles. The van der Waals surface area contributed by atoms with E-state index in [0.717, 1.165) is 11.3 Å². The monoisotopic (exact) mass is 240 g/mol. The average molecular weight is 240 g/mol. The maximum Gasteiger partial charge on any atom is 0.227 e. The highest BCUT2D eigenvalue weighted by Crippen LogP contribution is 2.23. The molecule has 1 rings (SSSR count). The van der Waals surface area contributed by atoms with E-state index < -0.39 is 0 Å². The van der Waals surface area contributed by atoms with Gasteiger partial charge in [-0.15, -0.1) is 0 Å². The maximum absolute atomic E-state index is 12.0. The summed E-state index contributed by atoms with van der Waals surface area (Å²) < 4.78 is 10.0. The summed E-state index contributed by atoms with van der Waals surface area (Å²) in [7, 11) is 1.61. The van der Waals surface area contributed by atoms with Crippen LogP contribution in [0.25, 0.3) is 0 Å². The summed E-state index contributed by atoms with van der Waals surface area (Å²) >= 11 is 0. The van der Waals surface area contributed by atoms with Gasteiger partial charge in [-0.1, -0.05) is 5.16 Å². The molecule has 0 spiro atoms. The molecule has 5 nitrogen and oxygen atoms in total. The highest BCUT2D eigenvalue weighted by Gasteiger charge is 2.23. The molecule has 1 heterocycles. The number of aromatic nitrogens is 1. The molecule has 1 amide bonds. The Kier molecular flexibility index (Phi) is 4.69. The summed E-state index contributed by atoms with van der Waals surface area (Å²) in [5.41, 5.74) is 1.64. The Hall–Kier alpha value is -1.36. The van der Waals surface area contributed by atoms with E-state index >= 15 is 0 Å². The molecule has 1 aromatic rings. The Morgan fingerprint density at radius 3 is 2.59 bits per heavy atom. The lowest BCUT2D eigenvalue weighted by Gasteiger charge is -2.16. The standard InChI is InChI=1S/C12H20N2O3/c1-7(6-16-5)13-12(15)8(2)11-9(3)14-17-10(11)4/h7-8H,6H2,1-5H3,(H,13,15)/t7-,8+/m0/s1. The fourth-order valence-electron chi connectivity index (χ4n) is 1.90. The van der Waals surface area contributed by atoms with Crippen molar-refractivity contribution in [2.45, 2.75) is 39.7 Å². The predicted octanol–water partition coefficient (Wildman–Crippen LogP) is 1.55. The van der Waals surface area contributed by atoms with E-state index in [0.29, 0.717) is 12.4 Å². The Morgan fingerprint density at radius 1 is 1.47 bits per heavy atom. The van der Waals surface area contributed by atoms with Crippen LogP contribution >= 0.6 is 0 Å². The highest BCUT2D eigenvalue weighted by atomic mass is 16.5. The lowest BCUT2D eigenvalue weighted by atomic mass is 9.98. The molecule has 0 radical (unpaired) electrons. The van der Waals surface area contributed by atoms with Crippen LogP contribution in [0.5, 0.6) is 0 Å². The van der Waals surface area contributed by atoms with Crippen molar-refractivity contribution in [3.63, 3.8) is 0 Å². The van der Waals surface area contributed by atoms with Crippen molar-refractivity contribution < 1.29 is 14.1 Å². The van der Waals surface area contributed by atoms with Gasteiger partial charge in [0.2, 0.25) is 5.91 Å². The first kappa shape index (κ1) is 13.7. The highest BCUT2D eigenvalue weighted by molar-refractivity contribution is 5.83. The molecule has 2 atom stereocenters. The van der Waals surface area contributed by atoms with Crippen molar-refractivity contribution in [3.8, 4) is 0 Å². The van der Waals surface area contributed by atoms with Gasteiger partial charge in [0.1, 0.15) is 5.76 Å². The van der Waals surface area contributed by atoms with Crippen LogP contribution in [0.15, 0.2) is 4.52 Å². The zero-order valence-corrected chi connectivity index (χ0v) is 11.0. The first-order valence-corrected chi connectivity index (χ1v) is 5.69. The lowest BCUT2D eigenvalue weighted by Crippen LogP contribution is -2.38. The van der Waals surface area contributed by atoms with E-state index in [4.69, 9.17) is 9.26 Å². The van der Waals surface area contributed by atoms with Gasteiger partial charge in [0.15, 0.2) is 0 Å². The minimum Gasteiger partial charge on any atom is -0.383 e. The van der Waals surface area contributed by atoms with Crippen LogP contribution < -0.4 is 5.32 Å². The van der Waals surface area contributed by atoms with E-state index in [1.54, 1.807) is 7.11 Å². The molecule has 0 saturated heterocycles.